The number of benzene rings is 2. The maximum Gasteiger partial charge on any atom is 0.417 e. The minimum absolute atomic E-state index is 0.168. The summed E-state index contributed by atoms with van der Waals surface area (Å²) >= 11 is 0. The molecule has 0 aliphatic heterocycles. The lowest BCUT2D eigenvalue weighted by Gasteiger charge is -2.14. The molecule has 0 atom stereocenters. The Morgan fingerprint density at radius 3 is 1.88 bits per heavy atom. The Labute approximate surface area is 139 Å². The van der Waals surface area contributed by atoms with Crippen molar-refractivity contribution < 1.29 is 34.8 Å². The van der Waals surface area contributed by atoms with Gasteiger partial charge >= 0.3 is 12.4 Å². The fraction of sp³-hybridized carbons (Fsp3) is 0.200. The zero-order valence-electron chi connectivity index (χ0n) is 12.3. The van der Waals surface area contributed by atoms with Crippen molar-refractivity contribution in [3.63, 3.8) is 0 Å². The van der Waals surface area contributed by atoms with Crippen molar-refractivity contribution in [2.75, 3.05) is 0 Å². The van der Waals surface area contributed by atoms with Crippen molar-refractivity contribution in [1.82, 2.24) is 4.72 Å². The third-order valence-electron chi connectivity index (χ3n) is 3.23. The number of sulfonamides is 1. The van der Waals surface area contributed by atoms with E-state index in [1.807, 2.05) is 4.72 Å². The standard InChI is InChI=1S/C15H11F6NO2S/c16-14(17,18)11-7-5-10(6-8-11)9-22-25(23,24)13-4-2-1-3-12(13)15(19,20)21/h1-8,22H,9H2. The predicted octanol–water partition coefficient (Wildman–Crippen LogP) is 4.20. The molecule has 3 nitrogen and oxygen atoms in total. The van der Waals surface area contributed by atoms with Crippen LogP contribution in [-0.2, 0) is 28.9 Å². The molecular formula is C15H11F6NO2S. The van der Waals surface area contributed by atoms with Crippen LogP contribution in [0.3, 0.4) is 0 Å². The van der Waals surface area contributed by atoms with E-state index >= 15 is 0 Å². The molecule has 0 spiro atoms. The summed E-state index contributed by atoms with van der Waals surface area (Å²) < 4.78 is 102. The maximum absolute atomic E-state index is 12.9. The molecule has 0 radical (unpaired) electrons. The predicted molar refractivity (Wildman–Crippen MR) is 76.9 cm³/mol. The summed E-state index contributed by atoms with van der Waals surface area (Å²) in [5.41, 5.74) is -2.07. The molecule has 136 valence electrons. The van der Waals surface area contributed by atoms with Crippen LogP contribution < -0.4 is 4.72 Å². The van der Waals surface area contributed by atoms with Gasteiger partial charge in [0.2, 0.25) is 10.0 Å². The third kappa shape index (κ3) is 4.73. The average molecular weight is 383 g/mol. The Morgan fingerprint density at radius 1 is 0.800 bits per heavy atom. The van der Waals surface area contributed by atoms with Crippen LogP contribution in [0.1, 0.15) is 16.7 Å². The van der Waals surface area contributed by atoms with Crippen LogP contribution in [0.25, 0.3) is 0 Å². The molecule has 1 N–H and O–H groups in total. The lowest BCUT2D eigenvalue weighted by atomic mass is 10.1. The zero-order chi connectivity index (χ0) is 18.9. The minimum Gasteiger partial charge on any atom is -0.207 e. The van der Waals surface area contributed by atoms with Gasteiger partial charge in [-0.15, -0.1) is 0 Å². The number of hydrogen-bond donors (Lipinski definition) is 1. The van der Waals surface area contributed by atoms with Gasteiger partial charge in [0.15, 0.2) is 0 Å². The summed E-state index contributed by atoms with van der Waals surface area (Å²) in [6.07, 6.45) is -9.40. The van der Waals surface area contributed by atoms with Gasteiger partial charge in [0.05, 0.1) is 16.0 Å². The molecule has 2 rings (SSSR count). The van der Waals surface area contributed by atoms with Crippen LogP contribution >= 0.6 is 0 Å². The summed E-state index contributed by atoms with van der Waals surface area (Å²) in [5.74, 6) is 0. The highest BCUT2D eigenvalue weighted by Gasteiger charge is 2.36. The van der Waals surface area contributed by atoms with Crippen LogP contribution in [-0.4, -0.2) is 8.42 Å². The largest absolute Gasteiger partial charge is 0.417 e. The van der Waals surface area contributed by atoms with Crippen molar-refractivity contribution in [3.8, 4) is 0 Å². The Morgan fingerprint density at radius 2 is 1.36 bits per heavy atom. The smallest absolute Gasteiger partial charge is 0.207 e. The molecule has 0 aromatic heterocycles. The van der Waals surface area contributed by atoms with Crippen LogP contribution in [0.5, 0.6) is 0 Å². The molecule has 10 heteroatoms. The van der Waals surface area contributed by atoms with Crippen molar-refractivity contribution in [1.29, 1.82) is 0 Å². The molecule has 0 bridgehead atoms. The molecule has 0 aliphatic carbocycles. The van der Waals surface area contributed by atoms with Crippen molar-refractivity contribution in [2.24, 2.45) is 0 Å². The van der Waals surface area contributed by atoms with Gasteiger partial charge in [0.1, 0.15) is 0 Å². The van der Waals surface area contributed by atoms with Gasteiger partial charge in [0.25, 0.3) is 0 Å². The van der Waals surface area contributed by atoms with Gasteiger partial charge in [-0.25, -0.2) is 13.1 Å². The van der Waals surface area contributed by atoms with E-state index in [0.717, 1.165) is 42.5 Å². The van der Waals surface area contributed by atoms with Gasteiger partial charge in [-0.05, 0) is 29.8 Å². The molecule has 0 aliphatic rings. The third-order valence-corrected chi connectivity index (χ3v) is 4.69. The molecular weight excluding hydrogens is 372 g/mol. The quantitative estimate of drug-likeness (QED) is 0.805. The highest BCUT2D eigenvalue weighted by Crippen LogP contribution is 2.34. The second-order valence-electron chi connectivity index (χ2n) is 5.01. The second-order valence-corrected chi connectivity index (χ2v) is 6.75. The first-order valence-electron chi connectivity index (χ1n) is 6.73. The molecule has 2 aromatic rings. The van der Waals surface area contributed by atoms with Crippen molar-refractivity contribution >= 4 is 10.0 Å². The normalized spacial score (nSPS) is 13.0. The maximum atomic E-state index is 12.9. The topological polar surface area (TPSA) is 46.2 Å². The van der Waals surface area contributed by atoms with E-state index in [1.54, 1.807) is 0 Å². The first kappa shape index (κ1) is 19.3. The van der Waals surface area contributed by atoms with Gasteiger partial charge in [-0.2, -0.15) is 26.3 Å². The number of halogens is 6. The second kappa shape index (κ2) is 6.68. The minimum atomic E-state index is -4.86. The lowest BCUT2D eigenvalue weighted by Crippen LogP contribution is -2.26. The van der Waals surface area contributed by atoms with Crippen LogP contribution in [0.2, 0.25) is 0 Å². The molecule has 0 saturated heterocycles. The molecule has 0 saturated carbocycles. The summed E-state index contributed by atoms with van der Waals surface area (Å²) in [4.78, 5) is -0.950. The van der Waals surface area contributed by atoms with E-state index < -0.39 is 44.9 Å². The number of rotatable bonds is 4. The fourth-order valence-electron chi connectivity index (χ4n) is 2.00. The summed E-state index contributed by atoms with van der Waals surface area (Å²) in [5, 5.41) is 0. The Balaban J connectivity index is 2.21. The van der Waals surface area contributed by atoms with E-state index in [9.17, 15) is 34.8 Å². The SMILES string of the molecule is O=S(=O)(NCc1ccc(C(F)(F)F)cc1)c1ccccc1C(F)(F)F. The van der Waals surface area contributed by atoms with Gasteiger partial charge in [-0.3, -0.25) is 0 Å². The molecule has 2 aromatic carbocycles. The van der Waals surface area contributed by atoms with Crippen LogP contribution in [0.15, 0.2) is 53.4 Å². The van der Waals surface area contributed by atoms with Crippen LogP contribution in [0, 0.1) is 0 Å². The lowest BCUT2D eigenvalue weighted by molar-refractivity contribution is -0.140. The zero-order valence-corrected chi connectivity index (χ0v) is 13.1. The highest BCUT2D eigenvalue weighted by molar-refractivity contribution is 7.89. The monoisotopic (exact) mass is 383 g/mol. The Bertz CT molecular complexity index is 842. The number of alkyl halides is 6. The van der Waals surface area contributed by atoms with E-state index in [0.29, 0.717) is 6.07 Å². The first-order chi connectivity index (χ1) is 11.4. The summed E-state index contributed by atoms with van der Waals surface area (Å²) in [6.45, 7) is -0.452. The van der Waals surface area contributed by atoms with Crippen LogP contribution in [0.4, 0.5) is 26.3 Å². The van der Waals surface area contributed by atoms with Crippen molar-refractivity contribution in [2.45, 2.75) is 23.8 Å². The number of nitrogens with one attached hydrogen (secondary N) is 1. The Hall–Kier alpha value is -2.07. The fourth-order valence-corrected chi connectivity index (χ4v) is 3.25. The molecule has 25 heavy (non-hydrogen) atoms. The van der Waals surface area contributed by atoms with Gasteiger partial charge in [-0.1, -0.05) is 24.3 Å². The average Bonchev–Trinajstić information content (AvgIpc) is 2.52. The highest BCUT2D eigenvalue weighted by atomic mass is 32.2. The molecule has 0 heterocycles. The summed E-state index contributed by atoms with van der Waals surface area (Å²) in [6, 6.07) is 7.23. The van der Waals surface area contributed by atoms with E-state index in [1.165, 1.54) is 0 Å². The first-order valence-corrected chi connectivity index (χ1v) is 8.21. The van der Waals surface area contributed by atoms with Gasteiger partial charge < -0.3 is 0 Å². The van der Waals surface area contributed by atoms with E-state index in [-0.39, 0.29) is 5.56 Å². The molecule has 0 unspecified atom stereocenters. The number of hydrogen-bond acceptors (Lipinski definition) is 2. The van der Waals surface area contributed by atoms with Crippen molar-refractivity contribution in [3.05, 3.63) is 65.2 Å². The van der Waals surface area contributed by atoms with Gasteiger partial charge in [0, 0.05) is 6.54 Å². The Kier molecular flexibility index (Phi) is 5.14. The van der Waals surface area contributed by atoms with E-state index in [2.05, 4.69) is 0 Å². The molecule has 0 fully saturated rings. The molecule has 0 amide bonds. The van der Waals surface area contributed by atoms with E-state index in [4.69, 9.17) is 0 Å². The summed E-state index contributed by atoms with van der Waals surface area (Å²) in [7, 11) is -4.50.